The number of aryl methyl sites for hydroxylation is 8. The van der Waals surface area contributed by atoms with Crippen molar-refractivity contribution in [3.05, 3.63) is 323 Å². The first-order chi connectivity index (χ1) is 62.7. The molecule has 5 nitrogen and oxygen atoms in total. The molecule has 0 aliphatic carbocycles. The molecule has 0 fully saturated rings. The van der Waals surface area contributed by atoms with Crippen LogP contribution >= 0.6 is 0 Å². The Kier molecular flexibility index (Phi) is 27.7. The van der Waals surface area contributed by atoms with Crippen LogP contribution in [0.3, 0.4) is 0 Å². The summed E-state index contributed by atoms with van der Waals surface area (Å²) in [6.45, 7) is 76.9. The van der Waals surface area contributed by atoms with Gasteiger partial charge in [0.2, 0.25) is 28.5 Å². The third-order valence-corrected chi connectivity index (χ3v) is 27.9. The number of aromatic nitrogens is 5. The minimum Gasteiger partial charge on any atom is -0.198 e. The van der Waals surface area contributed by atoms with Crippen molar-refractivity contribution in [2.45, 2.75) is 301 Å². The maximum atomic E-state index is 8.78. The van der Waals surface area contributed by atoms with E-state index in [4.69, 9.17) is 6.85 Å². The number of rotatable bonds is 10. The number of hydrogen-bond donors (Lipinski definition) is 0. The van der Waals surface area contributed by atoms with E-state index >= 15 is 0 Å². The van der Waals surface area contributed by atoms with Gasteiger partial charge in [-0.05, 0) is 296 Å². The molecule has 0 aliphatic heterocycles. The van der Waals surface area contributed by atoms with E-state index in [9.17, 15) is 0 Å². The van der Waals surface area contributed by atoms with E-state index in [1.54, 1.807) is 0 Å². The van der Waals surface area contributed by atoms with Crippen LogP contribution in [0.15, 0.2) is 194 Å². The largest absolute Gasteiger partial charge is 0.220 e. The predicted octanol–water partition coefficient (Wildman–Crippen LogP) is 31.1. The summed E-state index contributed by atoms with van der Waals surface area (Å²) in [5, 5.41) is 11.0. The monoisotopic (exact) mass is 1740 g/mol. The molecule has 0 unspecified atom stereocenters. The first kappa shape index (κ1) is 92.5. The fraction of sp³-hybridized carbons (Fsp3) is 0.400. The maximum Gasteiger partial charge on any atom is 0.220 e. The maximum absolute atomic E-state index is 8.78. The molecule has 0 saturated carbocycles. The highest BCUT2D eigenvalue weighted by molar-refractivity contribution is 5.99. The molecule has 0 amide bonds. The van der Waals surface area contributed by atoms with E-state index in [0.717, 1.165) is 96.2 Å². The molecule has 0 spiro atoms. The van der Waals surface area contributed by atoms with Gasteiger partial charge < -0.3 is 0 Å². The first-order valence-corrected chi connectivity index (χ1v) is 47.9. The van der Waals surface area contributed by atoms with Crippen LogP contribution in [-0.4, -0.2) is 0 Å². The summed E-state index contributed by atoms with van der Waals surface area (Å²) in [6, 6.07) is 63.9. The minimum atomic E-state index is 0.0663. The smallest absolute Gasteiger partial charge is 0.198 e. The van der Waals surface area contributed by atoms with Crippen molar-refractivity contribution in [3.8, 4) is 56.3 Å². The van der Waals surface area contributed by atoms with E-state index in [0.29, 0.717) is 42.0 Å². The average Bonchev–Trinajstić information content (AvgIpc) is 0.759. The van der Waals surface area contributed by atoms with Gasteiger partial charge in [0.1, 0.15) is 35.2 Å². The fourth-order valence-electron chi connectivity index (χ4n) is 18.2. The third kappa shape index (κ3) is 21.4. The molecule has 680 valence electrons. The molecular weight excluding hydrogens is 1570 g/mol. The van der Waals surface area contributed by atoms with Crippen molar-refractivity contribution in [3.63, 3.8) is 0 Å². The molecule has 0 aliphatic rings. The third-order valence-electron chi connectivity index (χ3n) is 27.9. The van der Waals surface area contributed by atoms with Gasteiger partial charge in [-0.1, -0.05) is 261 Å². The number of nitrogens with zero attached hydrogens (tertiary/aromatic N) is 5. The molecule has 0 N–H and O–H groups in total. The molecule has 15 aromatic rings. The minimum absolute atomic E-state index is 0.0663. The Balaban J connectivity index is 0.000000162. The molecule has 15 rings (SSSR count). The summed E-state index contributed by atoms with van der Waals surface area (Å²) in [5.74, 6) is 0.976. The van der Waals surface area contributed by atoms with Gasteiger partial charge in [0, 0.05) is 76.0 Å². The first-order valence-electron chi connectivity index (χ1n) is 50.4. The molecule has 0 atom stereocenters. The Morgan fingerprint density at radius 1 is 0.254 bits per heavy atom. The lowest BCUT2D eigenvalue weighted by Crippen LogP contribution is -2.35. The second kappa shape index (κ2) is 39.0. The number of hydrogen-bond acceptors (Lipinski definition) is 0. The molecule has 5 heteroatoms. The predicted molar refractivity (Wildman–Crippen MR) is 564 cm³/mol. The molecule has 10 aromatic carbocycles. The Hall–Kier alpha value is -10.8. The van der Waals surface area contributed by atoms with Gasteiger partial charge >= 0.3 is 0 Å². The van der Waals surface area contributed by atoms with E-state index in [1.165, 1.54) is 162 Å². The second-order valence-corrected chi connectivity index (χ2v) is 43.4. The van der Waals surface area contributed by atoms with Crippen molar-refractivity contribution < 1.29 is 29.7 Å². The SMILES string of the molecule is [2H]c1c(C)[n+](C)c(-c2cc(C(C)C)cc(C)c2C)c2ccc(C(C)(C)C)cc12.[2H]c1c(C)[n+](C)c(-c2cc(C(C)C)ccc2C)c2ccc(C(C)(C)C)cc12.[2H]c1c(C)[n+](C)c(-c2cc(C)cc(C)c2C)c2ccc(C(C)(C)C)cc12.[2H]c1c(C)[n+](C)c(-c2cc(CC)cc(CC)c2C)c2ccc(C(C)(C)C)cc12.[2H]c1c(C)[n+](C)c(-c2cc(CC)ccc2C)c2ccc(C(C)(C)C)cc12. The molecule has 0 bridgehead atoms. The summed E-state index contributed by atoms with van der Waals surface area (Å²) < 4.78 is 54.7. The van der Waals surface area contributed by atoms with Crippen molar-refractivity contribution in [1.82, 2.24) is 0 Å². The second-order valence-electron chi connectivity index (χ2n) is 43.4. The van der Waals surface area contributed by atoms with Crippen molar-refractivity contribution in [2.75, 3.05) is 0 Å². The van der Waals surface area contributed by atoms with Crippen molar-refractivity contribution >= 4 is 53.9 Å². The van der Waals surface area contributed by atoms with E-state index in [-0.39, 0.29) is 27.1 Å². The lowest BCUT2D eigenvalue weighted by molar-refractivity contribution is -0.665. The molecule has 130 heavy (non-hydrogen) atoms. The summed E-state index contributed by atoms with van der Waals surface area (Å²) in [4.78, 5) is 0. The fourth-order valence-corrected chi connectivity index (χ4v) is 18.2. The Morgan fingerprint density at radius 2 is 0.523 bits per heavy atom. The molecular formula is C125H160N5+5. The lowest BCUT2D eigenvalue weighted by atomic mass is 9.85. The summed E-state index contributed by atoms with van der Waals surface area (Å²) >= 11 is 0. The van der Waals surface area contributed by atoms with Gasteiger partial charge in [0.15, 0.2) is 28.5 Å². The van der Waals surface area contributed by atoms with Crippen LogP contribution in [-0.2, 0) is 81.6 Å². The van der Waals surface area contributed by atoms with Crippen LogP contribution in [0.1, 0.15) is 300 Å². The molecule has 5 heterocycles. The number of benzene rings is 10. The van der Waals surface area contributed by atoms with Gasteiger partial charge in [-0.25, -0.2) is 0 Å². The normalized spacial score (nSPS) is 12.6. The molecule has 0 saturated heterocycles. The van der Waals surface area contributed by atoms with Crippen molar-refractivity contribution in [2.24, 2.45) is 35.2 Å². The average molecular weight is 1740 g/mol. The quantitative estimate of drug-likeness (QED) is 0.122. The number of fused-ring (bicyclic) bond motifs is 5. The van der Waals surface area contributed by atoms with Crippen LogP contribution in [0.2, 0.25) is 0 Å². The van der Waals surface area contributed by atoms with Gasteiger partial charge in [0.05, 0.1) is 50.5 Å². The van der Waals surface area contributed by atoms with Gasteiger partial charge in [-0.15, -0.1) is 0 Å². The van der Waals surface area contributed by atoms with Crippen LogP contribution in [0.25, 0.3) is 110 Å². The van der Waals surface area contributed by atoms with E-state index in [1.807, 2.05) is 13.8 Å². The standard InChI is InChI=1S/2C26H34N.C25H32N.2C24H30N/c1-16(2)20-12-17(3)19(5)24(15-20)25-23-11-10-22(26(6,7)8)14-21(23)13-18(4)27(25)9;1-9-19-14-20(10-2)18(4)24(15-19)25-23-12-11-22(26(5,6)7)16-21(23)13-17(3)27(25)8;1-16(2)19-10-9-17(3)23(15-19)24-22-12-11-21(25(5,6)7)14-20(22)13-18(4)26(24)8;1-15-11-16(2)18(4)22(12-15)23-21-10-9-20(24(5,6)7)14-19(21)13-17(3)25(23)8;1-8-18-10-9-16(2)22(14-18)23-21-12-11-20(24(4,5)6)15-19(21)13-17(3)25(23)7/h10-16H,1-9H3;11-16H,9-10H2,1-8H3;9-16H,1-8H3;9-14H,1-8H3;9-15H,8H2,1-7H3/q5*+1/i5*13D. The van der Waals surface area contributed by atoms with Gasteiger partial charge in [-0.3, -0.25) is 0 Å². The van der Waals surface area contributed by atoms with Gasteiger partial charge in [0.25, 0.3) is 0 Å². The Labute approximate surface area is 793 Å². The Morgan fingerprint density at radius 3 is 0.823 bits per heavy atom. The van der Waals surface area contributed by atoms with E-state index < -0.39 is 0 Å². The highest BCUT2D eigenvalue weighted by Gasteiger charge is 2.31. The highest BCUT2D eigenvalue weighted by atomic mass is 15.0. The highest BCUT2D eigenvalue weighted by Crippen LogP contribution is 2.42. The summed E-state index contributed by atoms with van der Waals surface area (Å²) in [5.41, 5.74) is 41.5. The zero-order chi connectivity index (χ0) is 100. The zero-order valence-corrected chi connectivity index (χ0v) is 87.6. The molecule has 0 radical (unpaired) electrons. The number of pyridine rings is 5. The zero-order valence-electron chi connectivity index (χ0n) is 92.6. The summed E-state index contributed by atoms with van der Waals surface area (Å²) in [6.07, 6.45) is 3.10. The van der Waals surface area contributed by atoms with Crippen molar-refractivity contribution in [1.29, 1.82) is 0 Å². The van der Waals surface area contributed by atoms with Crippen LogP contribution in [0.4, 0.5) is 0 Å². The van der Waals surface area contributed by atoms with Crippen LogP contribution in [0.5, 0.6) is 0 Å². The molecule has 5 aromatic heterocycles. The van der Waals surface area contributed by atoms with Gasteiger partial charge in [-0.2, -0.15) is 22.8 Å². The Bertz CT molecular complexity index is 7020. The topological polar surface area (TPSA) is 19.4 Å². The summed E-state index contributed by atoms with van der Waals surface area (Å²) in [7, 11) is 10.4. The lowest BCUT2D eigenvalue weighted by Gasteiger charge is -2.20. The van der Waals surface area contributed by atoms with E-state index in [2.05, 4.69) is 450 Å². The van der Waals surface area contributed by atoms with Crippen LogP contribution < -0.4 is 22.8 Å². The van der Waals surface area contributed by atoms with Crippen LogP contribution in [0, 0.1) is 90.0 Å².